The zero-order valence-corrected chi connectivity index (χ0v) is 26.7. The summed E-state index contributed by atoms with van der Waals surface area (Å²) < 4.78 is 31.1. The van der Waals surface area contributed by atoms with E-state index in [0.29, 0.717) is 45.4 Å². The van der Waals surface area contributed by atoms with Crippen molar-refractivity contribution in [2.75, 3.05) is 39.5 Å². The van der Waals surface area contributed by atoms with Crippen LogP contribution in [0.1, 0.15) is 46.5 Å². The quantitative estimate of drug-likeness (QED) is 0.165. The molecule has 1 aromatic carbocycles. The summed E-state index contributed by atoms with van der Waals surface area (Å²) in [5.41, 5.74) is 4.06. The van der Waals surface area contributed by atoms with E-state index in [1.807, 2.05) is 45.4 Å². The van der Waals surface area contributed by atoms with Gasteiger partial charge in [0.2, 0.25) is 5.88 Å². The van der Waals surface area contributed by atoms with Crippen LogP contribution in [0.15, 0.2) is 55.0 Å². The minimum absolute atomic E-state index is 0.0893. The number of rotatable bonds is 13. The zero-order valence-electron chi connectivity index (χ0n) is 26.7. The molecular formula is C35H44N4O6. The predicted molar refractivity (Wildman–Crippen MR) is 172 cm³/mol. The van der Waals surface area contributed by atoms with Gasteiger partial charge in [0.15, 0.2) is 0 Å². The predicted octanol–water partition coefficient (Wildman–Crippen LogP) is 6.15. The molecule has 10 nitrogen and oxygen atoms in total. The van der Waals surface area contributed by atoms with Crippen molar-refractivity contribution in [3.8, 4) is 17.0 Å². The molecule has 0 radical (unpaired) electrons. The Bertz CT molecular complexity index is 1590. The molecule has 1 saturated heterocycles. The summed E-state index contributed by atoms with van der Waals surface area (Å²) in [5.74, 6) is 0.647. The van der Waals surface area contributed by atoms with Gasteiger partial charge >= 0.3 is 6.09 Å². The highest BCUT2D eigenvalue weighted by Gasteiger charge is 2.34. The molecule has 0 N–H and O–H groups in total. The van der Waals surface area contributed by atoms with Crippen molar-refractivity contribution in [1.82, 2.24) is 19.4 Å². The van der Waals surface area contributed by atoms with Gasteiger partial charge in [0.25, 0.3) is 0 Å². The van der Waals surface area contributed by atoms with E-state index >= 15 is 0 Å². The molecule has 4 aromatic rings. The maximum Gasteiger partial charge on any atom is 0.410 e. The Kier molecular flexibility index (Phi) is 9.53. The lowest BCUT2D eigenvalue weighted by molar-refractivity contribution is -0.0706. The van der Waals surface area contributed by atoms with Gasteiger partial charge in [0.05, 0.1) is 30.8 Å². The Morgan fingerprint density at radius 3 is 2.29 bits per heavy atom. The SMILES string of the molecule is Cn1c2ccncc2c2ccc(-c3ccc(O[C@H]4C[C@H](OCCCOCCCOC5CN(C(=O)OC(C)(C)C)C5)C4)nc3)cc21. The van der Waals surface area contributed by atoms with E-state index in [2.05, 4.69) is 51.9 Å². The van der Waals surface area contributed by atoms with Crippen molar-refractivity contribution < 1.29 is 28.5 Å². The first-order valence-electron chi connectivity index (χ1n) is 16.0. The van der Waals surface area contributed by atoms with Crippen LogP contribution in [0.25, 0.3) is 32.9 Å². The minimum atomic E-state index is -0.471. The number of aromatic nitrogens is 3. The summed E-state index contributed by atoms with van der Waals surface area (Å²) in [5, 5.41) is 2.37. The first kappa shape index (κ1) is 31.3. The number of nitrogens with zero attached hydrogens (tertiary/aromatic N) is 4. The number of carbonyl (C=O) groups is 1. The molecule has 6 rings (SSSR count). The molecule has 45 heavy (non-hydrogen) atoms. The summed E-state index contributed by atoms with van der Waals surface area (Å²) in [4.78, 5) is 22.5. The second-order valence-electron chi connectivity index (χ2n) is 13.0. The molecule has 1 aliphatic heterocycles. The standard InChI is InChI=1S/C35H44N4O6/c1-35(2,3)45-34(40)39-22-28(23-39)43-16-6-14-41-13-5-15-42-26-18-27(19-26)44-33-10-8-25(20-37-33)24-7-9-29-30-21-36-12-11-31(30)38(4)32(29)17-24/h7-12,17,20-21,26-28H,5-6,13-16,18-19,22-23H2,1-4H3/t26-,27-. The van der Waals surface area contributed by atoms with Crippen LogP contribution < -0.4 is 4.74 Å². The fourth-order valence-electron chi connectivity index (χ4n) is 5.72. The summed E-state index contributed by atoms with van der Waals surface area (Å²) in [6, 6.07) is 12.6. The number of carbonyl (C=O) groups excluding carboxylic acids is 1. The van der Waals surface area contributed by atoms with E-state index < -0.39 is 5.60 Å². The van der Waals surface area contributed by atoms with E-state index in [4.69, 9.17) is 23.7 Å². The molecule has 1 aliphatic carbocycles. The van der Waals surface area contributed by atoms with E-state index in [9.17, 15) is 4.79 Å². The number of pyridine rings is 2. The number of hydrogen-bond donors (Lipinski definition) is 0. The monoisotopic (exact) mass is 616 g/mol. The molecule has 4 heterocycles. The van der Waals surface area contributed by atoms with Gasteiger partial charge in [-0.2, -0.15) is 0 Å². The van der Waals surface area contributed by atoms with E-state index in [0.717, 1.165) is 42.2 Å². The van der Waals surface area contributed by atoms with Gasteiger partial charge in [0.1, 0.15) is 11.7 Å². The van der Waals surface area contributed by atoms with Crippen LogP contribution in [0, 0.1) is 0 Å². The van der Waals surface area contributed by atoms with Gasteiger partial charge in [-0.15, -0.1) is 0 Å². The van der Waals surface area contributed by atoms with E-state index in [1.165, 1.54) is 16.4 Å². The molecule has 2 fully saturated rings. The Morgan fingerprint density at radius 1 is 0.844 bits per heavy atom. The molecule has 0 spiro atoms. The number of aryl methyl sites for hydroxylation is 1. The van der Waals surface area contributed by atoms with E-state index in [-0.39, 0.29) is 24.4 Å². The smallest absolute Gasteiger partial charge is 0.410 e. The van der Waals surface area contributed by atoms with Crippen LogP contribution >= 0.6 is 0 Å². The van der Waals surface area contributed by atoms with Crippen molar-refractivity contribution in [1.29, 1.82) is 0 Å². The molecular weight excluding hydrogens is 572 g/mol. The van der Waals surface area contributed by atoms with Crippen molar-refractivity contribution in [2.24, 2.45) is 7.05 Å². The fraction of sp³-hybridized carbons (Fsp3) is 0.514. The normalized spacial score (nSPS) is 18.6. The molecule has 10 heteroatoms. The highest BCUT2D eigenvalue weighted by Crippen LogP contribution is 2.32. The molecule has 240 valence electrons. The molecule has 1 amide bonds. The van der Waals surface area contributed by atoms with Crippen molar-refractivity contribution in [3.63, 3.8) is 0 Å². The third-order valence-corrected chi connectivity index (χ3v) is 8.29. The maximum atomic E-state index is 12.0. The molecule has 1 saturated carbocycles. The number of fused-ring (bicyclic) bond motifs is 3. The van der Waals surface area contributed by atoms with Crippen molar-refractivity contribution >= 4 is 27.9 Å². The lowest BCUT2D eigenvalue weighted by Gasteiger charge is -2.39. The van der Waals surface area contributed by atoms with Crippen molar-refractivity contribution in [3.05, 3.63) is 55.0 Å². The fourth-order valence-corrected chi connectivity index (χ4v) is 5.72. The summed E-state index contributed by atoms with van der Waals surface area (Å²) in [7, 11) is 2.09. The summed E-state index contributed by atoms with van der Waals surface area (Å²) in [6.45, 7) is 9.42. The summed E-state index contributed by atoms with van der Waals surface area (Å²) >= 11 is 0. The highest BCUT2D eigenvalue weighted by molar-refractivity contribution is 6.08. The highest BCUT2D eigenvalue weighted by atomic mass is 16.6. The van der Waals surface area contributed by atoms with Gasteiger partial charge in [-0.3, -0.25) is 4.98 Å². The first-order chi connectivity index (χ1) is 21.7. The number of amides is 1. The average molecular weight is 617 g/mol. The second-order valence-corrected chi connectivity index (χ2v) is 13.0. The van der Waals surface area contributed by atoms with Crippen LogP contribution in [-0.2, 0) is 26.0 Å². The third-order valence-electron chi connectivity index (χ3n) is 8.29. The van der Waals surface area contributed by atoms with Crippen LogP contribution in [0.5, 0.6) is 5.88 Å². The summed E-state index contributed by atoms with van der Waals surface area (Å²) in [6.07, 6.45) is 9.27. The van der Waals surface area contributed by atoms with Gasteiger partial charge < -0.3 is 33.2 Å². The Balaban J connectivity index is 0.808. The maximum absolute atomic E-state index is 12.0. The van der Waals surface area contributed by atoms with Crippen LogP contribution in [0.3, 0.4) is 0 Å². The van der Waals surface area contributed by atoms with Gasteiger partial charge in [0, 0.05) is 92.8 Å². The Morgan fingerprint density at radius 2 is 1.58 bits per heavy atom. The number of benzene rings is 1. The zero-order chi connectivity index (χ0) is 31.4. The molecule has 0 atom stereocenters. The third kappa shape index (κ3) is 7.74. The van der Waals surface area contributed by atoms with Gasteiger partial charge in [-0.25, -0.2) is 9.78 Å². The first-order valence-corrected chi connectivity index (χ1v) is 16.0. The van der Waals surface area contributed by atoms with Gasteiger partial charge in [-0.05, 0) is 57.4 Å². The van der Waals surface area contributed by atoms with Crippen LogP contribution in [0.4, 0.5) is 4.79 Å². The Labute approximate surface area is 264 Å². The molecule has 3 aromatic heterocycles. The Hall–Kier alpha value is -3.73. The lowest BCUT2D eigenvalue weighted by Crippen LogP contribution is -2.56. The van der Waals surface area contributed by atoms with Crippen LogP contribution in [0.2, 0.25) is 0 Å². The number of hydrogen-bond acceptors (Lipinski definition) is 8. The minimum Gasteiger partial charge on any atom is -0.474 e. The topological polar surface area (TPSA) is 97.2 Å². The largest absolute Gasteiger partial charge is 0.474 e. The van der Waals surface area contributed by atoms with Gasteiger partial charge in [-0.1, -0.05) is 12.1 Å². The van der Waals surface area contributed by atoms with Crippen LogP contribution in [-0.4, -0.2) is 89.0 Å². The molecule has 0 bridgehead atoms. The number of likely N-dealkylation sites (tertiary alicyclic amines) is 1. The molecule has 2 aliphatic rings. The lowest BCUT2D eigenvalue weighted by atomic mass is 9.92. The average Bonchev–Trinajstić information content (AvgIpc) is 3.26. The second kappa shape index (κ2) is 13.7. The molecule has 0 unspecified atom stereocenters. The number of ether oxygens (including phenoxy) is 5. The van der Waals surface area contributed by atoms with Crippen molar-refractivity contribution in [2.45, 2.75) is 70.4 Å². The van der Waals surface area contributed by atoms with E-state index in [1.54, 1.807) is 4.90 Å².